The molecule has 0 aromatic carbocycles. The number of rotatable bonds is 5. The molecule has 0 bridgehead atoms. The predicted octanol–water partition coefficient (Wildman–Crippen LogP) is 3.83. The number of hydrogen-bond donors (Lipinski definition) is 1. The van der Waals surface area contributed by atoms with E-state index in [1.54, 1.807) is 11.3 Å². The van der Waals surface area contributed by atoms with Crippen LogP contribution in [0.2, 0.25) is 0 Å². The van der Waals surface area contributed by atoms with Gasteiger partial charge in [0.1, 0.15) is 0 Å². The highest BCUT2D eigenvalue weighted by atomic mass is 32.1. The molecule has 1 unspecified atom stereocenters. The standard InChI is InChI=1S/C15H27N3S/c1-5-8-16-12(2)13-10-19-14(17-13)18-9-6-7-15(3,4)11-18/h10,12,16H,5-9,11H2,1-4H3. The van der Waals surface area contributed by atoms with E-state index in [9.17, 15) is 0 Å². The van der Waals surface area contributed by atoms with Gasteiger partial charge in [-0.1, -0.05) is 20.8 Å². The van der Waals surface area contributed by atoms with Crippen LogP contribution < -0.4 is 10.2 Å². The summed E-state index contributed by atoms with van der Waals surface area (Å²) in [4.78, 5) is 7.30. The van der Waals surface area contributed by atoms with Gasteiger partial charge in [-0.15, -0.1) is 11.3 Å². The minimum Gasteiger partial charge on any atom is -0.348 e. The number of nitrogens with one attached hydrogen (secondary N) is 1. The molecule has 108 valence electrons. The van der Waals surface area contributed by atoms with Crippen molar-refractivity contribution in [3.05, 3.63) is 11.1 Å². The van der Waals surface area contributed by atoms with Crippen molar-refractivity contribution in [1.82, 2.24) is 10.3 Å². The Morgan fingerprint density at radius 2 is 2.32 bits per heavy atom. The average Bonchev–Trinajstić information content (AvgIpc) is 2.84. The first-order chi connectivity index (χ1) is 9.02. The van der Waals surface area contributed by atoms with Crippen molar-refractivity contribution in [2.75, 3.05) is 24.5 Å². The van der Waals surface area contributed by atoms with Gasteiger partial charge in [-0.05, 0) is 38.1 Å². The highest BCUT2D eigenvalue weighted by Crippen LogP contribution is 2.33. The van der Waals surface area contributed by atoms with E-state index in [2.05, 4.69) is 43.3 Å². The second kappa shape index (κ2) is 6.23. The molecule has 2 heterocycles. The third-order valence-electron chi connectivity index (χ3n) is 3.82. The summed E-state index contributed by atoms with van der Waals surface area (Å²) in [5.74, 6) is 0. The number of piperidine rings is 1. The van der Waals surface area contributed by atoms with E-state index >= 15 is 0 Å². The number of thiazole rings is 1. The zero-order chi connectivity index (χ0) is 13.9. The fraction of sp³-hybridized carbons (Fsp3) is 0.800. The molecule has 2 rings (SSSR count). The molecule has 0 saturated carbocycles. The SMILES string of the molecule is CCCNC(C)c1csc(N2CCCC(C)(C)C2)n1. The van der Waals surface area contributed by atoms with Crippen LogP contribution in [0.1, 0.15) is 58.7 Å². The van der Waals surface area contributed by atoms with Crippen molar-refractivity contribution < 1.29 is 0 Å². The van der Waals surface area contributed by atoms with E-state index in [0.29, 0.717) is 11.5 Å². The Balaban J connectivity index is 2.00. The molecule has 0 aliphatic carbocycles. The van der Waals surface area contributed by atoms with Crippen LogP contribution >= 0.6 is 11.3 Å². The average molecular weight is 281 g/mol. The molecule has 19 heavy (non-hydrogen) atoms. The summed E-state index contributed by atoms with van der Waals surface area (Å²) < 4.78 is 0. The first-order valence-corrected chi connectivity index (χ1v) is 8.33. The summed E-state index contributed by atoms with van der Waals surface area (Å²) in [7, 11) is 0. The molecule has 0 radical (unpaired) electrons. The van der Waals surface area contributed by atoms with Crippen LogP contribution in [0.25, 0.3) is 0 Å². The molecule has 1 fully saturated rings. The largest absolute Gasteiger partial charge is 0.348 e. The third-order valence-corrected chi connectivity index (χ3v) is 4.74. The zero-order valence-electron chi connectivity index (χ0n) is 12.7. The van der Waals surface area contributed by atoms with Crippen LogP contribution in [-0.2, 0) is 0 Å². The Labute approximate surface area is 121 Å². The summed E-state index contributed by atoms with van der Waals surface area (Å²) in [6.07, 6.45) is 3.78. The quantitative estimate of drug-likeness (QED) is 0.889. The lowest BCUT2D eigenvalue weighted by Gasteiger charge is -2.37. The molecule has 1 N–H and O–H groups in total. The second-order valence-corrected chi connectivity index (χ2v) is 7.26. The normalized spacial score (nSPS) is 20.5. The molecule has 1 aliphatic heterocycles. The van der Waals surface area contributed by atoms with Gasteiger partial charge in [-0.2, -0.15) is 0 Å². The van der Waals surface area contributed by atoms with Crippen molar-refractivity contribution in [3.8, 4) is 0 Å². The molecule has 3 nitrogen and oxygen atoms in total. The lowest BCUT2D eigenvalue weighted by Crippen LogP contribution is -2.40. The Kier molecular flexibility index (Phi) is 4.85. The summed E-state index contributed by atoms with van der Waals surface area (Å²) in [5.41, 5.74) is 1.62. The van der Waals surface area contributed by atoms with Gasteiger partial charge >= 0.3 is 0 Å². The van der Waals surface area contributed by atoms with E-state index in [4.69, 9.17) is 4.98 Å². The molecule has 0 spiro atoms. The maximum atomic E-state index is 4.83. The topological polar surface area (TPSA) is 28.2 Å². The minimum absolute atomic E-state index is 0.364. The minimum atomic E-state index is 0.364. The highest BCUT2D eigenvalue weighted by Gasteiger charge is 2.28. The molecule has 1 saturated heterocycles. The van der Waals surface area contributed by atoms with Crippen LogP contribution in [0.3, 0.4) is 0 Å². The molecular weight excluding hydrogens is 254 g/mol. The maximum absolute atomic E-state index is 4.83. The predicted molar refractivity (Wildman–Crippen MR) is 84.1 cm³/mol. The number of anilines is 1. The van der Waals surface area contributed by atoms with Gasteiger partial charge in [-0.3, -0.25) is 0 Å². The highest BCUT2D eigenvalue weighted by molar-refractivity contribution is 7.13. The van der Waals surface area contributed by atoms with Crippen LogP contribution in [-0.4, -0.2) is 24.6 Å². The first-order valence-electron chi connectivity index (χ1n) is 7.45. The van der Waals surface area contributed by atoms with Gasteiger partial charge < -0.3 is 10.2 Å². The van der Waals surface area contributed by atoms with Crippen LogP contribution in [0.4, 0.5) is 5.13 Å². The molecule has 4 heteroatoms. The van der Waals surface area contributed by atoms with E-state index in [-0.39, 0.29) is 0 Å². The Bertz CT molecular complexity index is 400. The maximum Gasteiger partial charge on any atom is 0.185 e. The summed E-state index contributed by atoms with van der Waals surface area (Å²) >= 11 is 1.79. The number of aromatic nitrogens is 1. The number of hydrogen-bond acceptors (Lipinski definition) is 4. The molecule has 0 amide bonds. The Hall–Kier alpha value is -0.610. The summed E-state index contributed by atoms with van der Waals surface area (Å²) in [5, 5.41) is 6.92. The monoisotopic (exact) mass is 281 g/mol. The van der Waals surface area contributed by atoms with Gasteiger partial charge in [0.15, 0.2) is 5.13 Å². The van der Waals surface area contributed by atoms with Crippen LogP contribution in [0, 0.1) is 5.41 Å². The zero-order valence-corrected chi connectivity index (χ0v) is 13.5. The fourth-order valence-corrected chi connectivity index (χ4v) is 3.62. The molecule has 1 aromatic heterocycles. The smallest absolute Gasteiger partial charge is 0.185 e. The summed E-state index contributed by atoms with van der Waals surface area (Å²) in [6.45, 7) is 12.5. The lowest BCUT2D eigenvalue weighted by atomic mass is 9.84. The molecular formula is C15H27N3S. The van der Waals surface area contributed by atoms with Crippen molar-refractivity contribution >= 4 is 16.5 Å². The molecule has 1 aromatic rings. The molecule has 1 atom stereocenters. The van der Waals surface area contributed by atoms with E-state index in [1.807, 2.05) is 0 Å². The van der Waals surface area contributed by atoms with Crippen molar-refractivity contribution in [2.45, 2.75) is 53.0 Å². The van der Waals surface area contributed by atoms with Gasteiger partial charge in [0.2, 0.25) is 0 Å². The van der Waals surface area contributed by atoms with Crippen molar-refractivity contribution in [3.63, 3.8) is 0 Å². The third kappa shape index (κ3) is 3.93. The van der Waals surface area contributed by atoms with E-state index in [1.165, 1.54) is 30.1 Å². The van der Waals surface area contributed by atoms with Gasteiger partial charge in [0.05, 0.1) is 5.69 Å². The van der Waals surface area contributed by atoms with E-state index in [0.717, 1.165) is 19.6 Å². The van der Waals surface area contributed by atoms with Crippen LogP contribution in [0.15, 0.2) is 5.38 Å². The van der Waals surface area contributed by atoms with Gasteiger partial charge in [0, 0.05) is 24.5 Å². The lowest BCUT2D eigenvalue weighted by molar-refractivity contribution is 0.293. The first kappa shape index (κ1) is 14.8. The second-order valence-electron chi connectivity index (χ2n) is 6.42. The summed E-state index contributed by atoms with van der Waals surface area (Å²) in [6, 6.07) is 0.364. The van der Waals surface area contributed by atoms with Gasteiger partial charge in [-0.25, -0.2) is 4.98 Å². The molecule has 1 aliphatic rings. The fourth-order valence-electron chi connectivity index (χ4n) is 2.67. The number of nitrogens with zero attached hydrogens (tertiary/aromatic N) is 2. The Morgan fingerprint density at radius 3 is 3.00 bits per heavy atom. The van der Waals surface area contributed by atoms with Crippen molar-refractivity contribution in [2.24, 2.45) is 5.41 Å². The van der Waals surface area contributed by atoms with Crippen LogP contribution in [0.5, 0.6) is 0 Å². The van der Waals surface area contributed by atoms with E-state index < -0.39 is 0 Å². The Morgan fingerprint density at radius 1 is 1.53 bits per heavy atom. The van der Waals surface area contributed by atoms with Gasteiger partial charge in [0.25, 0.3) is 0 Å². The van der Waals surface area contributed by atoms with Crippen molar-refractivity contribution in [1.29, 1.82) is 0 Å².